The van der Waals surface area contributed by atoms with Gasteiger partial charge in [-0.05, 0) is 26.0 Å². The van der Waals surface area contributed by atoms with Crippen LogP contribution in [0.4, 0.5) is 0 Å². The standard InChI is InChI=1S/C18H23NO5S/c1-19(14-8-4-6-10-16(14)25(2,22)23)11-13-12-7-3-5-9-15(12)24-17(13)18(20)21/h3,5,7,9,14,16H,4,6,8,10-11H2,1-2H3,(H,20,21). The Labute approximate surface area is 147 Å². The predicted octanol–water partition coefficient (Wildman–Crippen LogP) is 2.92. The lowest BCUT2D eigenvalue weighted by molar-refractivity contribution is 0.0660. The van der Waals surface area contributed by atoms with Gasteiger partial charge in [0.1, 0.15) is 5.58 Å². The number of carboxylic acid groups (broad SMARTS) is 1. The Morgan fingerprint density at radius 3 is 2.64 bits per heavy atom. The topological polar surface area (TPSA) is 87.8 Å². The van der Waals surface area contributed by atoms with E-state index in [2.05, 4.69) is 0 Å². The first-order chi connectivity index (χ1) is 11.8. The fourth-order valence-corrected chi connectivity index (χ4v) is 5.39. The molecule has 0 bridgehead atoms. The van der Waals surface area contributed by atoms with Crippen LogP contribution in [0.2, 0.25) is 0 Å². The summed E-state index contributed by atoms with van der Waals surface area (Å²) in [5.74, 6) is -1.18. The van der Waals surface area contributed by atoms with Crippen LogP contribution in [0.5, 0.6) is 0 Å². The highest BCUT2D eigenvalue weighted by Crippen LogP contribution is 2.31. The molecule has 1 aromatic carbocycles. The highest BCUT2D eigenvalue weighted by atomic mass is 32.2. The summed E-state index contributed by atoms with van der Waals surface area (Å²) in [6, 6.07) is 7.10. The number of nitrogens with zero attached hydrogens (tertiary/aromatic N) is 1. The summed E-state index contributed by atoms with van der Waals surface area (Å²) in [6.45, 7) is 0.343. The number of aromatic carboxylic acids is 1. The van der Waals surface area contributed by atoms with Crippen LogP contribution in [0.1, 0.15) is 41.8 Å². The van der Waals surface area contributed by atoms with E-state index < -0.39 is 21.1 Å². The molecule has 2 unspecified atom stereocenters. The van der Waals surface area contributed by atoms with Gasteiger partial charge in [0, 0.05) is 29.8 Å². The van der Waals surface area contributed by atoms with Gasteiger partial charge in [0.15, 0.2) is 9.84 Å². The highest BCUT2D eigenvalue weighted by Gasteiger charge is 2.36. The van der Waals surface area contributed by atoms with E-state index >= 15 is 0 Å². The largest absolute Gasteiger partial charge is 0.475 e. The van der Waals surface area contributed by atoms with Gasteiger partial charge in [-0.15, -0.1) is 0 Å². The van der Waals surface area contributed by atoms with Gasteiger partial charge in [0.25, 0.3) is 0 Å². The third-order valence-electron chi connectivity index (χ3n) is 5.08. The average molecular weight is 365 g/mol. The number of fused-ring (bicyclic) bond motifs is 1. The number of sulfone groups is 1. The van der Waals surface area contributed by atoms with Crippen LogP contribution in [-0.2, 0) is 16.4 Å². The average Bonchev–Trinajstić information content (AvgIpc) is 2.93. The molecule has 0 saturated heterocycles. The van der Waals surface area contributed by atoms with E-state index in [9.17, 15) is 18.3 Å². The predicted molar refractivity (Wildman–Crippen MR) is 95.5 cm³/mol. The molecule has 0 amide bonds. The number of benzene rings is 1. The van der Waals surface area contributed by atoms with Crippen LogP contribution < -0.4 is 0 Å². The van der Waals surface area contributed by atoms with Crippen molar-refractivity contribution in [1.82, 2.24) is 4.90 Å². The molecule has 136 valence electrons. The first kappa shape index (κ1) is 17.9. The first-order valence-electron chi connectivity index (χ1n) is 8.42. The number of carboxylic acids is 1. The SMILES string of the molecule is CN(Cc1c(C(=O)O)oc2ccccc12)C1CCCCC1S(C)(=O)=O. The van der Waals surface area contributed by atoms with Crippen molar-refractivity contribution in [2.75, 3.05) is 13.3 Å². The minimum atomic E-state index is -3.15. The number of furan rings is 1. The lowest BCUT2D eigenvalue weighted by Gasteiger charge is -2.37. The Morgan fingerprint density at radius 1 is 1.28 bits per heavy atom. The molecule has 25 heavy (non-hydrogen) atoms. The Kier molecular flexibility index (Phi) is 4.88. The molecule has 1 aliphatic rings. The van der Waals surface area contributed by atoms with Crippen molar-refractivity contribution in [3.63, 3.8) is 0 Å². The van der Waals surface area contributed by atoms with Gasteiger partial charge in [0.05, 0.1) is 5.25 Å². The summed E-state index contributed by atoms with van der Waals surface area (Å²) in [6.07, 6.45) is 4.65. The zero-order chi connectivity index (χ0) is 18.2. The number of rotatable bonds is 5. The summed E-state index contributed by atoms with van der Waals surface area (Å²) < 4.78 is 29.8. The highest BCUT2D eigenvalue weighted by molar-refractivity contribution is 7.91. The smallest absolute Gasteiger partial charge is 0.372 e. The molecule has 0 radical (unpaired) electrons. The van der Waals surface area contributed by atoms with Crippen molar-refractivity contribution >= 4 is 26.8 Å². The van der Waals surface area contributed by atoms with E-state index in [-0.39, 0.29) is 11.8 Å². The van der Waals surface area contributed by atoms with Gasteiger partial charge >= 0.3 is 5.97 Å². The van der Waals surface area contributed by atoms with Crippen LogP contribution in [0.25, 0.3) is 11.0 Å². The van der Waals surface area contributed by atoms with Crippen molar-refractivity contribution in [2.24, 2.45) is 0 Å². The fourth-order valence-electron chi connectivity index (χ4n) is 3.88. The van der Waals surface area contributed by atoms with Gasteiger partial charge in [-0.3, -0.25) is 4.90 Å². The third-order valence-corrected chi connectivity index (χ3v) is 6.73. The summed E-state index contributed by atoms with van der Waals surface area (Å²) in [5.41, 5.74) is 1.13. The van der Waals surface area contributed by atoms with E-state index in [1.165, 1.54) is 6.26 Å². The van der Waals surface area contributed by atoms with E-state index in [4.69, 9.17) is 4.42 Å². The maximum absolute atomic E-state index is 12.2. The molecule has 1 aliphatic carbocycles. The summed E-state index contributed by atoms with van der Waals surface area (Å²) in [4.78, 5) is 13.5. The summed E-state index contributed by atoms with van der Waals surface area (Å²) >= 11 is 0. The molecule has 0 spiro atoms. The van der Waals surface area contributed by atoms with Crippen LogP contribution in [0, 0.1) is 0 Å². The van der Waals surface area contributed by atoms with Gasteiger partial charge in [-0.25, -0.2) is 13.2 Å². The Balaban J connectivity index is 1.95. The van der Waals surface area contributed by atoms with E-state index in [0.717, 1.165) is 24.6 Å². The molecule has 1 aromatic heterocycles. The molecule has 0 aliphatic heterocycles. The van der Waals surface area contributed by atoms with Crippen molar-refractivity contribution in [2.45, 2.75) is 43.5 Å². The number of para-hydroxylation sites is 1. The Hall–Kier alpha value is -1.86. The summed E-state index contributed by atoms with van der Waals surface area (Å²) in [7, 11) is -1.29. The van der Waals surface area contributed by atoms with E-state index in [1.807, 2.05) is 24.1 Å². The fraction of sp³-hybridized carbons (Fsp3) is 0.500. The third kappa shape index (κ3) is 3.57. The zero-order valence-corrected chi connectivity index (χ0v) is 15.3. The second-order valence-electron chi connectivity index (χ2n) is 6.85. The van der Waals surface area contributed by atoms with Crippen molar-refractivity contribution in [1.29, 1.82) is 0 Å². The summed E-state index contributed by atoms with van der Waals surface area (Å²) in [5, 5.41) is 9.82. The molecule has 2 aromatic rings. The van der Waals surface area contributed by atoms with Crippen molar-refractivity contribution in [3.8, 4) is 0 Å². The molecule has 1 heterocycles. The number of hydrogen-bond acceptors (Lipinski definition) is 5. The molecule has 1 saturated carbocycles. The molecular weight excluding hydrogens is 342 g/mol. The maximum Gasteiger partial charge on any atom is 0.372 e. The van der Waals surface area contributed by atoms with Gasteiger partial charge in [-0.2, -0.15) is 0 Å². The molecule has 1 N–H and O–H groups in total. The monoisotopic (exact) mass is 365 g/mol. The first-order valence-corrected chi connectivity index (χ1v) is 10.4. The van der Waals surface area contributed by atoms with E-state index in [1.54, 1.807) is 12.1 Å². The molecule has 2 atom stereocenters. The van der Waals surface area contributed by atoms with Crippen LogP contribution in [0.15, 0.2) is 28.7 Å². The maximum atomic E-state index is 12.2. The minimum absolute atomic E-state index is 0.0697. The number of hydrogen-bond donors (Lipinski definition) is 1. The normalized spacial score (nSPS) is 21.7. The zero-order valence-electron chi connectivity index (χ0n) is 14.4. The van der Waals surface area contributed by atoms with Crippen molar-refractivity contribution < 1.29 is 22.7 Å². The van der Waals surface area contributed by atoms with Gasteiger partial charge < -0.3 is 9.52 Å². The van der Waals surface area contributed by atoms with Gasteiger partial charge in [0.2, 0.25) is 5.76 Å². The second kappa shape index (κ2) is 6.80. The minimum Gasteiger partial charge on any atom is -0.475 e. The second-order valence-corrected chi connectivity index (χ2v) is 9.11. The van der Waals surface area contributed by atoms with E-state index in [0.29, 0.717) is 24.1 Å². The van der Waals surface area contributed by atoms with Crippen LogP contribution in [0.3, 0.4) is 0 Å². The van der Waals surface area contributed by atoms with Crippen LogP contribution >= 0.6 is 0 Å². The molecule has 3 rings (SSSR count). The quantitative estimate of drug-likeness (QED) is 0.876. The van der Waals surface area contributed by atoms with Crippen LogP contribution in [-0.4, -0.2) is 49.0 Å². The Morgan fingerprint density at radius 2 is 1.96 bits per heavy atom. The lowest BCUT2D eigenvalue weighted by atomic mass is 9.93. The molecular formula is C18H23NO5S. The van der Waals surface area contributed by atoms with Crippen molar-refractivity contribution in [3.05, 3.63) is 35.6 Å². The lowest BCUT2D eigenvalue weighted by Crippen LogP contribution is -2.46. The number of carbonyl (C=O) groups is 1. The molecule has 7 heteroatoms. The van der Waals surface area contributed by atoms with Gasteiger partial charge in [-0.1, -0.05) is 31.0 Å². The molecule has 1 fully saturated rings. The Bertz CT molecular complexity index is 886. The molecule has 6 nitrogen and oxygen atoms in total.